The van der Waals surface area contributed by atoms with Crippen LogP contribution in [0.25, 0.3) is 0 Å². The SMILES string of the molecule is CC/C=C\C/C=C\C/C=C\C/C=C\C/C=C\C/C=C\CCC(=O)OCC(COP(=O)(O)OCC(O)COP(=O)(O)OCC(COC(=O)CCC/C=C\C/C=C\C/C=C\C/C=C\C/C=C\CC)OC(=O)CCC/C=C\C/C=C\C/C=C\C/C=C\C/C=C\CC)OC(=O)CCCCCC/C=C\C/C=C\C/C=C\C/C=C\CC. The molecule has 0 aromatic carbocycles. The molecular formula is C91H138O17P2. The van der Waals surface area contributed by atoms with Crippen LogP contribution < -0.4 is 0 Å². The van der Waals surface area contributed by atoms with Crippen molar-refractivity contribution in [3.8, 4) is 0 Å². The second kappa shape index (κ2) is 79.9. The fourth-order valence-electron chi connectivity index (χ4n) is 9.36. The molecule has 17 nitrogen and oxygen atoms in total. The molecule has 0 aromatic heterocycles. The summed E-state index contributed by atoms with van der Waals surface area (Å²) in [5.74, 6) is -2.47. The highest BCUT2D eigenvalue weighted by atomic mass is 31.2. The second-order valence-electron chi connectivity index (χ2n) is 25.5. The van der Waals surface area contributed by atoms with Crippen molar-refractivity contribution in [2.75, 3.05) is 39.6 Å². The number of phosphoric ester groups is 2. The highest BCUT2D eigenvalue weighted by Crippen LogP contribution is 2.45. The van der Waals surface area contributed by atoms with Crippen molar-refractivity contribution in [3.63, 3.8) is 0 Å². The maximum atomic E-state index is 13.1. The minimum atomic E-state index is -5.03. The molecule has 5 unspecified atom stereocenters. The van der Waals surface area contributed by atoms with Gasteiger partial charge in [-0.25, -0.2) is 9.13 Å². The molecule has 0 bridgehead atoms. The van der Waals surface area contributed by atoms with Crippen molar-refractivity contribution < 1.29 is 80.2 Å². The Morgan fingerprint density at radius 1 is 0.255 bits per heavy atom. The number of esters is 4. The lowest BCUT2D eigenvalue weighted by Gasteiger charge is -2.21. The van der Waals surface area contributed by atoms with E-state index in [1.54, 1.807) is 0 Å². The average molecular weight is 1570 g/mol. The van der Waals surface area contributed by atoms with Gasteiger partial charge >= 0.3 is 39.5 Å². The lowest BCUT2D eigenvalue weighted by Crippen LogP contribution is -2.30. The fourth-order valence-corrected chi connectivity index (χ4v) is 10.9. The zero-order valence-corrected chi connectivity index (χ0v) is 68.9. The predicted molar refractivity (Wildman–Crippen MR) is 454 cm³/mol. The van der Waals surface area contributed by atoms with Gasteiger partial charge in [0.15, 0.2) is 12.2 Å². The van der Waals surface area contributed by atoms with Gasteiger partial charge in [-0.3, -0.25) is 37.3 Å². The van der Waals surface area contributed by atoms with Crippen LogP contribution in [0.5, 0.6) is 0 Å². The number of rotatable bonds is 72. The molecule has 5 atom stereocenters. The number of carbonyl (C=O) groups excluding carboxylic acids is 4. The van der Waals surface area contributed by atoms with Crippen molar-refractivity contribution in [2.45, 2.75) is 264 Å². The lowest BCUT2D eigenvalue weighted by atomic mass is 10.1. The molecule has 0 saturated heterocycles. The molecule has 0 amide bonds. The summed E-state index contributed by atoms with van der Waals surface area (Å²) in [4.78, 5) is 73.1. The van der Waals surface area contributed by atoms with Gasteiger partial charge in [-0.15, -0.1) is 0 Å². The van der Waals surface area contributed by atoms with E-state index in [4.69, 9.17) is 37.0 Å². The van der Waals surface area contributed by atoms with Crippen LogP contribution in [0.2, 0.25) is 0 Å². The Kier molecular flexibility index (Phi) is 74.7. The molecule has 0 spiro atoms. The van der Waals surface area contributed by atoms with Gasteiger partial charge in [-0.05, 0) is 180 Å². The number of carbonyl (C=O) groups is 4. The van der Waals surface area contributed by atoms with E-state index in [-0.39, 0.29) is 25.7 Å². The lowest BCUT2D eigenvalue weighted by molar-refractivity contribution is -0.161. The zero-order valence-electron chi connectivity index (χ0n) is 67.1. The molecule has 0 aliphatic heterocycles. The summed E-state index contributed by atoms with van der Waals surface area (Å²) in [6.45, 7) is 4.12. The molecule has 0 aliphatic rings. The largest absolute Gasteiger partial charge is 0.472 e. The van der Waals surface area contributed by atoms with Crippen LogP contribution >= 0.6 is 15.6 Å². The normalized spacial score (nSPS) is 15.1. The van der Waals surface area contributed by atoms with Gasteiger partial charge in [-0.2, -0.15) is 0 Å². The Morgan fingerprint density at radius 2 is 0.473 bits per heavy atom. The number of phosphoric acid groups is 2. The molecule has 0 saturated carbocycles. The average Bonchev–Trinajstić information content (AvgIpc) is 0.906. The van der Waals surface area contributed by atoms with E-state index in [1.165, 1.54) is 0 Å². The van der Waals surface area contributed by atoms with E-state index in [0.717, 1.165) is 148 Å². The summed E-state index contributed by atoms with van der Waals surface area (Å²) in [6.07, 6.45) is 105. The molecule has 19 heteroatoms. The van der Waals surface area contributed by atoms with Gasteiger partial charge in [0.05, 0.1) is 26.4 Å². The summed E-state index contributed by atoms with van der Waals surface area (Å²) < 4.78 is 68.4. The number of hydrogen-bond donors (Lipinski definition) is 3. The van der Waals surface area contributed by atoms with Crippen molar-refractivity contribution >= 4 is 39.5 Å². The highest BCUT2D eigenvalue weighted by Gasteiger charge is 2.30. The van der Waals surface area contributed by atoms with E-state index in [2.05, 4.69) is 228 Å². The number of aliphatic hydroxyl groups is 1. The minimum Gasteiger partial charge on any atom is -0.462 e. The van der Waals surface area contributed by atoms with Gasteiger partial charge in [0.2, 0.25) is 0 Å². The van der Waals surface area contributed by atoms with E-state index in [0.29, 0.717) is 44.9 Å². The summed E-state index contributed by atoms with van der Waals surface area (Å²) >= 11 is 0. The first-order valence-electron chi connectivity index (χ1n) is 40.3. The Bertz CT molecular complexity index is 3050. The molecule has 0 fully saturated rings. The summed E-state index contributed by atoms with van der Waals surface area (Å²) in [6, 6.07) is 0. The van der Waals surface area contributed by atoms with Crippen molar-refractivity contribution in [1.82, 2.24) is 0 Å². The first-order chi connectivity index (χ1) is 53.7. The molecule has 0 aromatic rings. The van der Waals surface area contributed by atoms with Crippen molar-refractivity contribution in [3.05, 3.63) is 243 Å². The Balaban J connectivity index is 5.61. The highest BCUT2D eigenvalue weighted by molar-refractivity contribution is 7.47. The predicted octanol–water partition coefficient (Wildman–Crippen LogP) is 24.0. The number of unbranched alkanes of at least 4 members (excludes halogenated alkanes) is 6. The van der Waals surface area contributed by atoms with E-state index < -0.39 is 97.5 Å². The topological polar surface area (TPSA) is 237 Å². The van der Waals surface area contributed by atoms with Gasteiger partial charge < -0.3 is 33.8 Å². The van der Waals surface area contributed by atoms with Crippen molar-refractivity contribution in [2.24, 2.45) is 0 Å². The molecule has 3 N–H and O–H groups in total. The summed E-state index contributed by atoms with van der Waals surface area (Å²) in [7, 11) is -10.1. The first-order valence-corrected chi connectivity index (χ1v) is 43.3. The van der Waals surface area contributed by atoms with Crippen LogP contribution in [0.3, 0.4) is 0 Å². The van der Waals surface area contributed by atoms with Crippen LogP contribution in [0.15, 0.2) is 243 Å². The third kappa shape index (κ3) is 79.0. The smallest absolute Gasteiger partial charge is 0.462 e. The maximum absolute atomic E-state index is 13.1. The van der Waals surface area contributed by atoms with Crippen LogP contribution in [0.1, 0.15) is 246 Å². The molecule has 0 radical (unpaired) electrons. The Labute approximate surface area is 663 Å². The third-order valence-electron chi connectivity index (χ3n) is 15.3. The quantitative estimate of drug-likeness (QED) is 0.0169. The molecule has 614 valence electrons. The van der Waals surface area contributed by atoms with Crippen molar-refractivity contribution in [1.29, 1.82) is 0 Å². The fraction of sp³-hybridized carbons (Fsp3) is 0.516. The van der Waals surface area contributed by atoms with Crippen LogP contribution in [0.4, 0.5) is 0 Å². The number of ether oxygens (including phenoxy) is 4. The Hall–Kier alpha value is -7.14. The standard InChI is InChI=1S/C91H138O17P2/c1-5-9-13-17-21-25-29-33-37-41-42-46-48-52-56-60-64-68-72-76-89(94)102-82-87(108-91(96)78-74-70-66-62-58-54-50-45-40-36-32-28-24-20-16-12-8-4)84-106-110(99,100)104-80-85(92)79-103-109(97,98)105-83-86(107-90(95)77-73-69-65-61-57-53-49-44-39-35-31-27-23-19-15-11-7-3)81-101-88(93)75-71-67-63-59-55-51-47-43-38-34-30-26-22-18-14-10-6-2/h9-16,21-28,33-40,42,46-47,49-54,56,59,61,63-65,68,85-87,92H,5-8,17-20,29-32,41,43-45,48,55,57-58,60,62,66-67,69-84H2,1-4H3,(H,97,98)(H,99,100)/b13-9-,14-10-,15-11-,16-12-,25-21-,26-22-,27-23-,28-24-,37-33-,38-34-,39-35-,40-36-,46-42-,51-47-,53-49-,54-50-,56-52-,63-59-,65-61-,68-64-. The van der Waals surface area contributed by atoms with E-state index >= 15 is 0 Å². The first kappa shape index (κ1) is 103. The molecule has 0 aliphatic carbocycles. The molecule has 0 heterocycles. The maximum Gasteiger partial charge on any atom is 0.472 e. The molecule has 0 rings (SSSR count). The summed E-state index contributed by atoms with van der Waals surface area (Å²) in [5, 5.41) is 10.7. The summed E-state index contributed by atoms with van der Waals surface area (Å²) in [5.41, 5.74) is 0. The second-order valence-corrected chi connectivity index (χ2v) is 28.4. The monoisotopic (exact) mass is 1560 g/mol. The van der Waals surface area contributed by atoms with Gasteiger partial charge in [0.1, 0.15) is 19.3 Å². The minimum absolute atomic E-state index is 0.00947. The third-order valence-corrected chi connectivity index (χ3v) is 17.2. The van der Waals surface area contributed by atoms with E-state index in [1.807, 2.05) is 42.5 Å². The van der Waals surface area contributed by atoms with Crippen LogP contribution in [0, 0.1) is 0 Å². The van der Waals surface area contributed by atoms with Gasteiger partial charge in [0, 0.05) is 25.7 Å². The number of hydrogen-bond acceptors (Lipinski definition) is 15. The van der Waals surface area contributed by atoms with Crippen LogP contribution in [-0.4, -0.2) is 96.7 Å². The molecule has 110 heavy (non-hydrogen) atoms. The van der Waals surface area contributed by atoms with E-state index in [9.17, 15) is 43.2 Å². The van der Waals surface area contributed by atoms with Gasteiger partial charge in [-0.1, -0.05) is 284 Å². The van der Waals surface area contributed by atoms with Gasteiger partial charge in [0.25, 0.3) is 0 Å². The number of allylic oxidation sites excluding steroid dienone is 40. The number of aliphatic hydroxyl groups excluding tert-OH is 1. The van der Waals surface area contributed by atoms with Crippen LogP contribution in [-0.2, 0) is 65.4 Å². The molecular weight excluding hydrogens is 1430 g/mol. The zero-order chi connectivity index (χ0) is 80.3. The Morgan fingerprint density at radius 3 is 0.764 bits per heavy atom.